The summed E-state index contributed by atoms with van der Waals surface area (Å²) in [7, 11) is -2.32. The lowest BCUT2D eigenvalue weighted by Gasteiger charge is -2.26. The first kappa shape index (κ1) is 30.5. The molecule has 0 radical (unpaired) electrons. The van der Waals surface area contributed by atoms with Crippen LogP contribution >= 0.6 is 7.80 Å². The van der Waals surface area contributed by atoms with Gasteiger partial charge in [0.1, 0.15) is 31.0 Å². The molecular weight excluding hydrogens is 511 g/mol. The first-order valence-electron chi connectivity index (χ1n) is 13.2. The lowest BCUT2D eigenvalue weighted by Crippen LogP contribution is -2.28. The molecule has 0 fully saturated rings. The van der Waals surface area contributed by atoms with E-state index in [0.29, 0.717) is 17.9 Å². The fourth-order valence-corrected chi connectivity index (χ4v) is 4.94. The Morgan fingerprint density at radius 3 is 2.13 bits per heavy atom. The second kappa shape index (κ2) is 12.8. The van der Waals surface area contributed by atoms with Crippen molar-refractivity contribution in [2.45, 2.75) is 66.6 Å². The number of hydrogen-bond acceptors (Lipinski definition) is 6. The van der Waals surface area contributed by atoms with Crippen molar-refractivity contribution in [1.82, 2.24) is 0 Å². The molecular formula is C32H41O6P. The predicted molar refractivity (Wildman–Crippen MR) is 156 cm³/mol. The number of hydrogen-bond donors (Lipinski definition) is 1. The van der Waals surface area contributed by atoms with E-state index in [4.69, 9.17) is 14.2 Å². The van der Waals surface area contributed by atoms with Crippen molar-refractivity contribution in [3.05, 3.63) is 94.0 Å². The van der Waals surface area contributed by atoms with Crippen LogP contribution in [-0.4, -0.2) is 29.6 Å². The number of rotatable bonds is 11. The molecule has 3 aromatic carbocycles. The molecule has 39 heavy (non-hydrogen) atoms. The number of benzene rings is 3. The number of esters is 1. The molecule has 0 aliphatic carbocycles. The Morgan fingerprint density at radius 1 is 0.872 bits per heavy atom. The Bertz CT molecular complexity index is 1280. The third-order valence-corrected chi connectivity index (χ3v) is 8.59. The van der Waals surface area contributed by atoms with Crippen LogP contribution in [0.1, 0.15) is 68.0 Å². The number of phenols is 1. The smallest absolute Gasteiger partial charge is 0.313 e. The van der Waals surface area contributed by atoms with Crippen molar-refractivity contribution in [3.8, 4) is 11.5 Å². The van der Waals surface area contributed by atoms with Crippen LogP contribution in [-0.2, 0) is 31.7 Å². The number of ether oxygens (including phenoxy) is 3. The third-order valence-electron chi connectivity index (χ3n) is 6.70. The van der Waals surface area contributed by atoms with Gasteiger partial charge in [-0.05, 0) is 106 Å². The topological polar surface area (TPSA) is 82.1 Å². The van der Waals surface area contributed by atoms with Crippen molar-refractivity contribution < 1.29 is 28.7 Å². The van der Waals surface area contributed by atoms with Gasteiger partial charge >= 0.3 is 5.97 Å². The Hall–Kier alpha value is -3.08. The standard InChI is InChI=1S/C32H41O6P/c1-22-15-27(37-21-39(35)32(6,7)38-20-36-30(34)31(3,4)5)16-23(2)28(22)19-25-13-14-29(33)26(18-25)17-24-11-9-8-10-12-24/h8-16,18,33,39H,17,19-21H2,1-7H3. The predicted octanol–water partition coefficient (Wildman–Crippen LogP) is 7.39. The fraction of sp³-hybridized carbons (Fsp3) is 0.406. The molecule has 0 spiro atoms. The minimum atomic E-state index is -2.32. The summed E-state index contributed by atoms with van der Waals surface area (Å²) in [6.07, 6.45) is 1.41. The van der Waals surface area contributed by atoms with E-state index in [1.165, 1.54) is 5.56 Å². The molecule has 3 aromatic rings. The summed E-state index contributed by atoms with van der Waals surface area (Å²) in [6.45, 7) is 12.6. The van der Waals surface area contributed by atoms with E-state index in [2.05, 4.69) is 18.2 Å². The van der Waals surface area contributed by atoms with Crippen molar-refractivity contribution in [2.24, 2.45) is 5.41 Å². The summed E-state index contributed by atoms with van der Waals surface area (Å²) >= 11 is 0. The van der Waals surface area contributed by atoms with E-state index in [-0.39, 0.29) is 19.1 Å². The van der Waals surface area contributed by atoms with Gasteiger partial charge in [-0.15, -0.1) is 0 Å². The summed E-state index contributed by atoms with van der Waals surface area (Å²) in [5, 5.41) is 9.42. The second-order valence-electron chi connectivity index (χ2n) is 11.5. The Balaban J connectivity index is 1.62. The van der Waals surface area contributed by atoms with Gasteiger partial charge in [0, 0.05) is 6.42 Å². The minimum Gasteiger partial charge on any atom is -0.508 e. The zero-order valence-corrected chi connectivity index (χ0v) is 25.1. The van der Waals surface area contributed by atoms with Crippen molar-refractivity contribution in [1.29, 1.82) is 0 Å². The number of phenolic OH excluding ortho intramolecular Hbond substituents is 1. The summed E-state index contributed by atoms with van der Waals surface area (Å²) in [6, 6.07) is 19.8. The molecule has 0 amide bonds. The summed E-state index contributed by atoms with van der Waals surface area (Å²) in [5.74, 6) is 0.576. The molecule has 0 saturated heterocycles. The van der Waals surface area contributed by atoms with Gasteiger partial charge in [-0.3, -0.25) is 4.79 Å². The van der Waals surface area contributed by atoms with Crippen molar-refractivity contribution in [2.75, 3.05) is 13.1 Å². The highest BCUT2D eigenvalue weighted by atomic mass is 31.1. The monoisotopic (exact) mass is 552 g/mol. The molecule has 0 aromatic heterocycles. The van der Waals surface area contributed by atoms with Gasteiger partial charge in [0.15, 0.2) is 6.79 Å². The summed E-state index contributed by atoms with van der Waals surface area (Å²) in [5.41, 5.74) is 5.88. The van der Waals surface area contributed by atoms with Crippen molar-refractivity contribution >= 4 is 13.8 Å². The van der Waals surface area contributed by atoms with E-state index < -0.39 is 18.6 Å². The quantitative estimate of drug-likeness (QED) is 0.152. The van der Waals surface area contributed by atoms with E-state index in [1.54, 1.807) is 40.7 Å². The highest BCUT2D eigenvalue weighted by Gasteiger charge is 2.29. The second-order valence-corrected chi connectivity index (χ2v) is 13.8. The highest BCUT2D eigenvalue weighted by Crippen LogP contribution is 2.40. The Morgan fingerprint density at radius 2 is 1.51 bits per heavy atom. The van der Waals surface area contributed by atoms with E-state index in [0.717, 1.165) is 34.2 Å². The molecule has 0 aliphatic heterocycles. The number of carbonyl (C=O) groups excluding carboxylic acids is 1. The average Bonchev–Trinajstić information content (AvgIpc) is 2.86. The van der Waals surface area contributed by atoms with Crippen LogP contribution in [0.25, 0.3) is 0 Å². The number of carbonyl (C=O) groups is 1. The van der Waals surface area contributed by atoms with Crippen LogP contribution in [0.2, 0.25) is 0 Å². The molecule has 0 heterocycles. The molecule has 0 saturated carbocycles. The first-order chi connectivity index (χ1) is 18.3. The van der Waals surface area contributed by atoms with Gasteiger partial charge in [0.25, 0.3) is 0 Å². The maximum atomic E-state index is 13.0. The third kappa shape index (κ3) is 8.71. The minimum absolute atomic E-state index is 0.0178. The van der Waals surface area contributed by atoms with Crippen LogP contribution < -0.4 is 4.74 Å². The molecule has 0 aliphatic rings. The molecule has 7 heteroatoms. The van der Waals surface area contributed by atoms with Crippen LogP contribution in [0, 0.1) is 19.3 Å². The lowest BCUT2D eigenvalue weighted by atomic mass is 9.93. The maximum absolute atomic E-state index is 13.0. The zero-order chi connectivity index (χ0) is 28.8. The molecule has 1 N–H and O–H groups in total. The highest BCUT2D eigenvalue weighted by molar-refractivity contribution is 7.46. The summed E-state index contributed by atoms with van der Waals surface area (Å²) in [4.78, 5) is 11.9. The first-order valence-corrected chi connectivity index (χ1v) is 14.8. The average molecular weight is 553 g/mol. The Labute approximate surface area is 233 Å². The van der Waals surface area contributed by atoms with E-state index in [9.17, 15) is 14.5 Å². The number of aromatic hydroxyl groups is 1. The lowest BCUT2D eigenvalue weighted by molar-refractivity contribution is -0.171. The Kier molecular flexibility index (Phi) is 10.0. The van der Waals surface area contributed by atoms with Crippen molar-refractivity contribution in [3.63, 3.8) is 0 Å². The van der Waals surface area contributed by atoms with Gasteiger partial charge in [-0.25, -0.2) is 0 Å². The van der Waals surface area contributed by atoms with Gasteiger partial charge in [0.05, 0.1) is 5.41 Å². The van der Waals surface area contributed by atoms with Gasteiger partial charge in [-0.1, -0.05) is 42.5 Å². The van der Waals surface area contributed by atoms with E-state index >= 15 is 0 Å². The van der Waals surface area contributed by atoms with Crippen LogP contribution in [0.5, 0.6) is 11.5 Å². The van der Waals surface area contributed by atoms with E-state index in [1.807, 2.05) is 50.2 Å². The molecule has 1 unspecified atom stereocenters. The molecule has 6 nitrogen and oxygen atoms in total. The molecule has 210 valence electrons. The van der Waals surface area contributed by atoms with Gasteiger partial charge in [0.2, 0.25) is 0 Å². The summed E-state index contributed by atoms with van der Waals surface area (Å²) < 4.78 is 29.6. The largest absolute Gasteiger partial charge is 0.508 e. The molecule has 3 rings (SSSR count). The molecule has 0 bridgehead atoms. The van der Waals surface area contributed by atoms with Crippen LogP contribution in [0.3, 0.4) is 0 Å². The van der Waals surface area contributed by atoms with Crippen LogP contribution in [0.15, 0.2) is 60.7 Å². The number of aryl methyl sites for hydroxylation is 2. The molecule has 1 atom stereocenters. The van der Waals surface area contributed by atoms with Gasteiger partial charge < -0.3 is 23.9 Å². The normalized spacial score (nSPS) is 12.7. The maximum Gasteiger partial charge on any atom is 0.313 e. The van der Waals surface area contributed by atoms with Crippen LogP contribution in [0.4, 0.5) is 0 Å². The SMILES string of the molecule is Cc1cc(OC[PH](=O)C(C)(C)OCOC(=O)C(C)(C)C)cc(C)c1Cc1ccc(O)c(Cc2ccccc2)c1. The zero-order valence-electron chi connectivity index (χ0n) is 24.1. The van der Waals surface area contributed by atoms with Gasteiger partial charge in [-0.2, -0.15) is 0 Å². The fourth-order valence-electron chi connectivity index (χ4n) is 4.08.